The standard InChI is InChI=1S/C14H25N/c1-3-4-5-7-13-10-9-12(2)14-8-6-11-15(13)14/h5,7,12-14H,3-4,6,8-11H2,1-2H3/b7-5-/t12-,13-,14+/m1/s1. The number of fused-ring (bicyclic) bond motifs is 1. The van der Waals surface area contributed by atoms with Gasteiger partial charge in [-0.1, -0.05) is 32.4 Å². The molecule has 2 aliphatic heterocycles. The fraction of sp³-hybridized carbons (Fsp3) is 0.857. The molecule has 2 heterocycles. The van der Waals surface area contributed by atoms with Gasteiger partial charge in [-0.2, -0.15) is 0 Å². The molecule has 0 N–H and O–H groups in total. The minimum atomic E-state index is 0.764. The molecule has 0 aromatic rings. The average Bonchev–Trinajstić information content (AvgIpc) is 2.71. The van der Waals surface area contributed by atoms with Gasteiger partial charge in [0.25, 0.3) is 0 Å². The van der Waals surface area contributed by atoms with Crippen molar-refractivity contribution in [1.82, 2.24) is 4.90 Å². The Bertz CT molecular complexity index is 221. The first-order valence-electron chi connectivity index (χ1n) is 6.75. The molecule has 2 rings (SSSR count). The Hall–Kier alpha value is -0.300. The molecule has 86 valence electrons. The van der Waals surface area contributed by atoms with Gasteiger partial charge in [0, 0.05) is 12.1 Å². The number of hydrogen-bond donors (Lipinski definition) is 0. The van der Waals surface area contributed by atoms with Crippen molar-refractivity contribution in [2.75, 3.05) is 6.54 Å². The molecule has 0 spiro atoms. The second-order valence-corrected chi connectivity index (χ2v) is 5.29. The lowest BCUT2D eigenvalue weighted by atomic mass is 9.87. The van der Waals surface area contributed by atoms with Gasteiger partial charge in [-0.15, -0.1) is 0 Å². The van der Waals surface area contributed by atoms with E-state index in [-0.39, 0.29) is 0 Å². The fourth-order valence-electron chi connectivity index (χ4n) is 3.26. The van der Waals surface area contributed by atoms with Crippen molar-refractivity contribution < 1.29 is 0 Å². The van der Waals surface area contributed by atoms with Crippen molar-refractivity contribution in [2.45, 2.75) is 64.5 Å². The molecule has 0 aliphatic carbocycles. The quantitative estimate of drug-likeness (QED) is 0.639. The van der Waals surface area contributed by atoms with E-state index in [0.717, 1.165) is 18.0 Å². The van der Waals surface area contributed by atoms with Crippen LogP contribution in [0.1, 0.15) is 52.4 Å². The third-order valence-electron chi connectivity index (χ3n) is 4.16. The molecule has 0 bridgehead atoms. The zero-order chi connectivity index (χ0) is 10.7. The van der Waals surface area contributed by atoms with E-state index in [2.05, 4.69) is 30.9 Å². The van der Waals surface area contributed by atoms with Gasteiger partial charge in [0.1, 0.15) is 0 Å². The van der Waals surface area contributed by atoms with Crippen LogP contribution in [-0.4, -0.2) is 23.5 Å². The lowest BCUT2D eigenvalue weighted by Crippen LogP contribution is -2.45. The summed E-state index contributed by atoms with van der Waals surface area (Å²) in [4.78, 5) is 2.76. The van der Waals surface area contributed by atoms with Crippen LogP contribution in [0.15, 0.2) is 12.2 Å². The number of unbranched alkanes of at least 4 members (excludes halogenated alkanes) is 1. The monoisotopic (exact) mass is 207 g/mol. The van der Waals surface area contributed by atoms with Crippen LogP contribution in [0.5, 0.6) is 0 Å². The van der Waals surface area contributed by atoms with E-state index in [0.29, 0.717) is 0 Å². The largest absolute Gasteiger partial charge is 0.294 e. The maximum Gasteiger partial charge on any atom is 0.0281 e. The molecular weight excluding hydrogens is 182 g/mol. The van der Waals surface area contributed by atoms with Crippen molar-refractivity contribution in [3.05, 3.63) is 12.2 Å². The van der Waals surface area contributed by atoms with Crippen LogP contribution in [0.4, 0.5) is 0 Å². The first-order valence-corrected chi connectivity index (χ1v) is 6.75. The Labute approximate surface area is 94.5 Å². The van der Waals surface area contributed by atoms with E-state index in [1.165, 1.54) is 45.1 Å². The third kappa shape index (κ3) is 2.44. The normalized spacial score (nSPS) is 37.3. The van der Waals surface area contributed by atoms with E-state index < -0.39 is 0 Å². The van der Waals surface area contributed by atoms with Crippen molar-refractivity contribution in [3.8, 4) is 0 Å². The molecule has 1 nitrogen and oxygen atoms in total. The Morgan fingerprint density at radius 1 is 1.27 bits per heavy atom. The average molecular weight is 207 g/mol. The summed E-state index contributed by atoms with van der Waals surface area (Å²) in [6, 6.07) is 1.66. The highest BCUT2D eigenvalue weighted by atomic mass is 15.2. The number of allylic oxidation sites excluding steroid dienone is 1. The van der Waals surface area contributed by atoms with Crippen molar-refractivity contribution in [2.24, 2.45) is 5.92 Å². The van der Waals surface area contributed by atoms with E-state index in [4.69, 9.17) is 0 Å². The van der Waals surface area contributed by atoms with E-state index >= 15 is 0 Å². The molecule has 1 heteroatoms. The molecule has 0 aromatic heterocycles. The van der Waals surface area contributed by atoms with Gasteiger partial charge in [0.2, 0.25) is 0 Å². The van der Waals surface area contributed by atoms with E-state index in [9.17, 15) is 0 Å². The number of rotatable bonds is 3. The fourth-order valence-corrected chi connectivity index (χ4v) is 3.26. The zero-order valence-electron chi connectivity index (χ0n) is 10.3. The predicted octanol–water partition coefficient (Wildman–Crippen LogP) is 3.61. The highest BCUT2D eigenvalue weighted by Gasteiger charge is 2.36. The van der Waals surface area contributed by atoms with Crippen molar-refractivity contribution >= 4 is 0 Å². The molecule has 3 atom stereocenters. The highest BCUT2D eigenvalue weighted by Crippen LogP contribution is 2.35. The lowest BCUT2D eigenvalue weighted by molar-refractivity contribution is 0.106. The summed E-state index contributed by atoms with van der Waals surface area (Å²) in [5, 5.41) is 0. The van der Waals surface area contributed by atoms with Crippen LogP contribution in [0.3, 0.4) is 0 Å². The Morgan fingerprint density at radius 3 is 2.93 bits per heavy atom. The van der Waals surface area contributed by atoms with Gasteiger partial charge >= 0.3 is 0 Å². The molecule has 2 saturated heterocycles. The smallest absolute Gasteiger partial charge is 0.0281 e. The highest BCUT2D eigenvalue weighted by molar-refractivity contribution is 5.02. The summed E-state index contributed by atoms with van der Waals surface area (Å²) in [6.07, 6.45) is 13.1. The summed E-state index contributed by atoms with van der Waals surface area (Å²) < 4.78 is 0. The van der Waals surface area contributed by atoms with Crippen molar-refractivity contribution in [1.29, 1.82) is 0 Å². The van der Waals surface area contributed by atoms with Gasteiger partial charge in [-0.25, -0.2) is 0 Å². The third-order valence-corrected chi connectivity index (χ3v) is 4.16. The minimum Gasteiger partial charge on any atom is -0.294 e. The molecule has 15 heavy (non-hydrogen) atoms. The van der Waals surface area contributed by atoms with Gasteiger partial charge < -0.3 is 0 Å². The number of piperidine rings is 1. The maximum absolute atomic E-state index is 2.76. The van der Waals surface area contributed by atoms with Crippen molar-refractivity contribution in [3.63, 3.8) is 0 Å². The van der Waals surface area contributed by atoms with Crippen LogP contribution in [0.2, 0.25) is 0 Å². The lowest BCUT2D eigenvalue weighted by Gasteiger charge is -2.40. The minimum absolute atomic E-state index is 0.764. The molecule has 2 aliphatic rings. The molecule has 0 unspecified atom stereocenters. The van der Waals surface area contributed by atoms with Gasteiger partial charge in [0.15, 0.2) is 0 Å². The maximum atomic E-state index is 2.76. The molecular formula is C14H25N. The zero-order valence-corrected chi connectivity index (χ0v) is 10.3. The second kappa shape index (κ2) is 5.16. The number of hydrogen-bond acceptors (Lipinski definition) is 1. The Morgan fingerprint density at radius 2 is 2.13 bits per heavy atom. The summed E-state index contributed by atoms with van der Waals surface area (Å²) in [6.45, 7) is 6.04. The summed E-state index contributed by atoms with van der Waals surface area (Å²) in [5.74, 6) is 0.934. The van der Waals surface area contributed by atoms with Gasteiger partial charge in [-0.05, 0) is 44.6 Å². The SMILES string of the molecule is CCC/C=C\[C@@H]1CC[C@@H](C)[C@@H]2CCCN12. The first-order chi connectivity index (χ1) is 7.33. The van der Waals surface area contributed by atoms with Gasteiger partial charge in [-0.3, -0.25) is 4.90 Å². The van der Waals surface area contributed by atoms with E-state index in [1.807, 2.05) is 0 Å². The van der Waals surface area contributed by atoms with Crippen LogP contribution in [-0.2, 0) is 0 Å². The predicted molar refractivity (Wildman–Crippen MR) is 66.0 cm³/mol. The number of nitrogens with zero attached hydrogens (tertiary/aromatic N) is 1. The topological polar surface area (TPSA) is 3.24 Å². The molecule has 0 saturated carbocycles. The van der Waals surface area contributed by atoms with E-state index in [1.54, 1.807) is 0 Å². The van der Waals surface area contributed by atoms with Crippen LogP contribution in [0, 0.1) is 5.92 Å². The second-order valence-electron chi connectivity index (χ2n) is 5.29. The molecule has 0 amide bonds. The summed E-state index contributed by atoms with van der Waals surface area (Å²) >= 11 is 0. The molecule has 2 fully saturated rings. The molecule has 0 aromatic carbocycles. The first kappa shape index (κ1) is 11.2. The van der Waals surface area contributed by atoms with Crippen LogP contribution >= 0.6 is 0 Å². The van der Waals surface area contributed by atoms with Crippen LogP contribution < -0.4 is 0 Å². The summed E-state index contributed by atoms with van der Waals surface area (Å²) in [7, 11) is 0. The summed E-state index contributed by atoms with van der Waals surface area (Å²) in [5.41, 5.74) is 0. The Balaban J connectivity index is 1.95. The Kier molecular flexibility index (Phi) is 3.85. The van der Waals surface area contributed by atoms with Gasteiger partial charge in [0.05, 0.1) is 0 Å². The van der Waals surface area contributed by atoms with Crippen LogP contribution in [0.25, 0.3) is 0 Å². The molecule has 0 radical (unpaired) electrons.